The Morgan fingerprint density at radius 2 is 2.00 bits per heavy atom. The van der Waals surface area contributed by atoms with Gasteiger partial charge in [-0.1, -0.05) is 30.3 Å². The average Bonchev–Trinajstić information content (AvgIpc) is 2.46. The second kappa shape index (κ2) is 5.06. The fourth-order valence-corrected chi connectivity index (χ4v) is 2.46. The molecule has 3 aromatic rings. The molecule has 0 unspecified atom stereocenters. The molecule has 0 spiro atoms. The predicted molar refractivity (Wildman–Crippen MR) is 83.9 cm³/mol. The number of benzene rings is 1. The van der Waals surface area contributed by atoms with Crippen LogP contribution < -0.4 is 0 Å². The SMILES string of the molecule is C=C(c1ccc2ncccc2c1)c1ccc(Cl)nc1C. The van der Waals surface area contributed by atoms with Crippen LogP contribution in [0, 0.1) is 6.92 Å². The van der Waals surface area contributed by atoms with Crippen molar-refractivity contribution < 1.29 is 0 Å². The summed E-state index contributed by atoms with van der Waals surface area (Å²) in [6.45, 7) is 6.13. The second-order valence-electron chi connectivity index (χ2n) is 4.66. The van der Waals surface area contributed by atoms with Gasteiger partial charge in [0.2, 0.25) is 0 Å². The number of pyridine rings is 2. The van der Waals surface area contributed by atoms with E-state index in [4.69, 9.17) is 11.6 Å². The smallest absolute Gasteiger partial charge is 0.129 e. The average molecular weight is 281 g/mol. The van der Waals surface area contributed by atoms with E-state index in [0.29, 0.717) is 5.15 Å². The first kappa shape index (κ1) is 12.8. The van der Waals surface area contributed by atoms with Crippen molar-refractivity contribution in [3.63, 3.8) is 0 Å². The number of aryl methyl sites for hydroxylation is 1. The zero-order valence-electron chi connectivity index (χ0n) is 11.1. The third kappa shape index (κ3) is 2.30. The van der Waals surface area contributed by atoms with E-state index >= 15 is 0 Å². The minimum Gasteiger partial charge on any atom is -0.256 e. The highest BCUT2D eigenvalue weighted by Crippen LogP contribution is 2.26. The molecule has 0 N–H and O–H groups in total. The lowest BCUT2D eigenvalue weighted by molar-refractivity contribution is 1.18. The number of fused-ring (bicyclic) bond motifs is 1. The van der Waals surface area contributed by atoms with Gasteiger partial charge >= 0.3 is 0 Å². The molecule has 0 saturated heterocycles. The molecule has 0 saturated carbocycles. The van der Waals surface area contributed by atoms with Gasteiger partial charge in [0.15, 0.2) is 0 Å². The summed E-state index contributed by atoms with van der Waals surface area (Å²) in [4.78, 5) is 8.60. The van der Waals surface area contributed by atoms with Crippen molar-refractivity contribution in [2.24, 2.45) is 0 Å². The van der Waals surface area contributed by atoms with E-state index in [9.17, 15) is 0 Å². The van der Waals surface area contributed by atoms with Crippen molar-refractivity contribution in [1.29, 1.82) is 0 Å². The largest absolute Gasteiger partial charge is 0.256 e. The molecule has 2 aromatic heterocycles. The lowest BCUT2D eigenvalue weighted by Gasteiger charge is -2.10. The van der Waals surface area contributed by atoms with Gasteiger partial charge in [0.1, 0.15) is 5.15 Å². The lowest BCUT2D eigenvalue weighted by Crippen LogP contribution is -1.93. The van der Waals surface area contributed by atoms with Gasteiger partial charge in [0.25, 0.3) is 0 Å². The Labute approximate surface area is 122 Å². The Morgan fingerprint density at radius 3 is 2.80 bits per heavy atom. The highest BCUT2D eigenvalue weighted by atomic mass is 35.5. The molecular weight excluding hydrogens is 268 g/mol. The van der Waals surface area contributed by atoms with Gasteiger partial charge in [-0.05, 0) is 48.4 Å². The molecule has 0 bridgehead atoms. The number of halogens is 1. The van der Waals surface area contributed by atoms with Crippen molar-refractivity contribution in [3.8, 4) is 0 Å². The molecule has 0 aliphatic carbocycles. The molecule has 98 valence electrons. The molecule has 0 aliphatic heterocycles. The van der Waals surface area contributed by atoms with Crippen LogP contribution in [0.4, 0.5) is 0 Å². The van der Waals surface area contributed by atoms with Gasteiger partial charge in [-0.15, -0.1) is 0 Å². The van der Waals surface area contributed by atoms with Crippen LogP contribution in [0.5, 0.6) is 0 Å². The summed E-state index contributed by atoms with van der Waals surface area (Å²) in [5.41, 5.74) is 4.89. The standard InChI is InChI=1S/C17H13ClN2/c1-11(15-6-8-17(18)20-12(15)2)13-5-7-16-14(10-13)4-3-9-19-16/h3-10H,1H2,2H3. The van der Waals surface area contributed by atoms with Crippen LogP contribution in [-0.2, 0) is 0 Å². The molecule has 0 atom stereocenters. The van der Waals surface area contributed by atoms with E-state index in [1.54, 1.807) is 12.3 Å². The first-order chi connectivity index (χ1) is 9.65. The van der Waals surface area contributed by atoms with Crippen LogP contribution in [0.1, 0.15) is 16.8 Å². The topological polar surface area (TPSA) is 25.8 Å². The number of nitrogens with zero attached hydrogens (tertiary/aromatic N) is 2. The first-order valence-corrected chi connectivity index (χ1v) is 6.70. The van der Waals surface area contributed by atoms with Gasteiger partial charge in [-0.3, -0.25) is 4.98 Å². The number of aromatic nitrogens is 2. The van der Waals surface area contributed by atoms with Crippen molar-refractivity contribution in [2.45, 2.75) is 6.92 Å². The summed E-state index contributed by atoms with van der Waals surface area (Å²) in [5, 5.41) is 1.60. The van der Waals surface area contributed by atoms with E-state index in [1.165, 1.54) is 0 Å². The maximum Gasteiger partial charge on any atom is 0.129 e. The number of hydrogen-bond donors (Lipinski definition) is 0. The minimum atomic E-state index is 0.502. The van der Waals surface area contributed by atoms with Crippen LogP contribution in [0.15, 0.2) is 55.2 Å². The highest BCUT2D eigenvalue weighted by Gasteiger charge is 2.08. The fourth-order valence-electron chi connectivity index (χ4n) is 2.27. The van der Waals surface area contributed by atoms with E-state index < -0.39 is 0 Å². The Bertz CT molecular complexity index is 809. The van der Waals surface area contributed by atoms with Gasteiger partial charge in [-0.25, -0.2) is 4.98 Å². The van der Waals surface area contributed by atoms with E-state index in [1.807, 2.05) is 37.3 Å². The number of rotatable bonds is 2. The maximum absolute atomic E-state index is 5.90. The monoisotopic (exact) mass is 280 g/mol. The van der Waals surface area contributed by atoms with Crippen LogP contribution in [0.25, 0.3) is 16.5 Å². The highest BCUT2D eigenvalue weighted by molar-refractivity contribution is 6.29. The number of hydrogen-bond acceptors (Lipinski definition) is 2. The second-order valence-corrected chi connectivity index (χ2v) is 5.04. The van der Waals surface area contributed by atoms with E-state index in [-0.39, 0.29) is 0 Å². The summed E-state index contributed by atoms with van der Waals surface area (Å²) >= 11 is 5.90. The van der Waals surface area contributed by atoms with Gasteiger partial charge in [-0.2, -0.15) is 0 Å². The maximum atomic E-state index is 5.90. The Morgan fingerprint density at radius 1 is 1.15 bits per heavy atom. The van der Waals surface area contributed by atoms with E-state index in [0.717, 1.165) is 33.3 Å². The summed E-state index contributed by atoms with van der Waals surface area (Å²) in [6, 6.07) is 13.9. The third-order valence-corrected chi connectivity index (χ3v) is 3.54. The summed E-state index contributed by atoms with van der Waals surface area (Å²) in [6.07, 6.45) is 1.80. The zero-order valence-corrected chi connectivity index (χ0v) is 11.9. The molecule has 0 aliphatic rings. The van der Waals surface area contributed by atoms with Crippen molar-refractivity contribution in [1.82, 2.24) is 9.97 Å². The van der Waals surface area contributed by atoms with Crippen LogP contribution in [0.3, 0.4) is 0 Å². The zero-order chi connectivity index (χ0) is 14.1. The molecule has 0 radical (unpaired) electrons. The molecule has 3 heteroatoms. The Balaban J connectivity index is 2.08. The first-order valence-electron chi connectivity index (χ1n) is 6.33. The predicted octanol–water partition coefficient (Wildman–Crippen LogP) is 4.65. The van der Waals surface area contributed by atoms with Crippen LogP contribution in [0.2, 0.25) is 5.15 Å². The minimum absolute atomic E-state index is 0.502. The quantitative estimate of drug-likeness (QED) is 0.638. The molecule has 2 nitrogen and oxygen atoms in total. The molecule has 2 heterocycles. The molecule has 3 rings (SSSR count). The molecule has 0 fully saturated rings. The van der Waals surface area contributed by atoms with Gasteiger partial charge in [0, 0.05) is 22.8 Å². The lowest BCUT2D eigenvalue weighted by atomic mass is 9.97. The third-order valence-electron chi connectivity index (χ3n) is 3.33. The van der Waals surface area contributed by atoms with E-state index in [2.05, 4.69) is 22.6 Å². The molecule has 20 heavy (non-hydrogen) atoms. The van der Waals surface area contributed by atoms with Crippen molar-refractivity contribution in [3.05, 3.63) is 77.2 Å². The Kier molecular flexibility index (Phi) is 3.25. The fraction of sp³-hybridized carbons (Fsp3) is 0.0588. The molecule has 0 amide bonds. The van der Waals surface area contributed by atoms with Crippen LogP contribution in [-0.4, -0.2) is 9.97 Å². The van der Waals surface area contributed by atoms with Crippen molar-refractivity contribution in [2.75, 3.05) is 0 Å². The van der Waals surface area contributed by atoms with Gasteiger partial charge < -0.3 is 0 Å². The Hall–Kier alpha value is -2.19. The summed E-state index contributed by atoms with van der Waals surface area (Å²) < 4.78 is 0. The van der Waals surface area contributed by atoms with Gasteiger partial charge in [0.05, 0.1) is 5.52 Å². The molecular formula is C17H13ClN2. The summed E-state index contributed by atoms with van der Waals surface area (Å²) in [7, 11) is 0. The summed E-state index contributed by atoms with van der Waals surface area (Å²) in [5.74, 6) is 0. The molecule has 1 aromatic carbocycles. The van der Waals surface area contributed by atoms with Crippen LogP contribution >= 0.6 is 11.6 Å². The normalized spacial score (nSPS) is 10.7. The van der Waals surface area contributed by atoms with Crippen molar-refractivity contribution >= 4 is 28.1 Å².